The van der Waals surface area contributed by atoms with Crippen LogP contribution in [0, 0.1) is 0 Å². The average Bonchev–Trinajstić information content (AvgIpc) is 2.48. The number of hydrogen-bond donors (Lipinski definition) is 4. The maximum atomic E-state index is 9.95. The highest BCUT2D eigenvalue weighted by Crippen LogP contribution is 2.30. The van der Waals surface area contributed by atoms with Gasteiger partial charge in [0.05, 0.1) is 6.61 Å². The van der Waals surface area contributed by atoms with Gasteiger partial charge in [0.25, 0.3) is 0 Å². The van der Waals surface area contributed by atoms with Crippen LogP contribution >= 0.6 is 24.0 Å². The lowest BCUT2D eigenvalue weighted by Gasteiger charge is -2.40. The van der Waals surface area contributed by atoms with Gasteiger partial charge in [0.1, 0.15) is 34.2 Å². The number of hydrogen-bond acceptors (Lipinski definition) is 7. The van der Waals surface area contributed by atoms with E-state index in [0.29, 0.717) is 4.32 Å². The van der Waals surface area contributed by atoms with Gasteiger partial charge in [-0.1, -0.05) is 24.0 Å². The van der Waals surface area contributed by atoms with Crippen molar-refractivity contribution in [3.63, 3.8) is 0 Å². The maximum Gasteiger partial charge on any atom is 0.139 e. The molecule has 6 nitrogen and oxygen atoms in total. The molecule has 2 aliphatic heterocycles. The molecule has 0 unspecified atom stereocenters. The fourth-order valence-corrected chi connectivity index (χ4v) is 3.91. The molecule has 2 fully saturated rings. The van der Waals surface area contributed by atoms with Crippen LogP contribution in [0.15, 0.2) is 0 Å². The smallest absolute Gasteiger partial charge is 0.139 e. The predicted octanol–water partition coefficient (Wildman–Crippen LogP) is -0.710. The molecule has 5 atom stereocenters. The van der Waals surface area contributed by atoms with Crippen LogP contribution in [0.5, 0.6) is 0 Å². The van der Waals surface area contributed by atoms with Crippen LogP contribution in [-0.2, 0) is 4.74 Å². The number of thiocarbonyl (C=S) groups is 1. The number of aliphatic hydroxyl groups is 4. The van der Waals surface area contributed by atoms with Gasteiger partial charge in [-0.2, -0.15) is 0 Å². The van der Waals surface area contributed by atoms with Crippen LogP contribution in [0.1, 0.15) is 19.3 Å². The monoisotopic (exact) mass is 323 g/mol. The van der Waals surface area contributed by atoms with Crippen molar-refractivity contribution in [1.29, 1.82) is 0 Å². The summed E-state index contributed by atoms with van der Waals surface area (Å²) in [7, 11) is 0. The molecule has 2 heterocycles. The molecule has 20 heavy (non-hydrogen) atoms. The van der Waals surface area contributed by atoms with Gasteiger partial charge in [0.15, 0.2) is 0 Å². The van der Waals surface area contributed by atoms with Gasteiger partial charge in [0.2, 0.25) is 0 Å². The van der Waals surface area contributed by atoms with E-state index in [4.69, 9.17) is 22.1 Å². The minimum Gasteiger partial charge on any atom is -0.394 e. The lowest BCUT2D eigenvalue weighted by atomic mass is 10.0. The first-order valence-electron chi connectivity index (χ1n) is 6.80. The van der Waals surface area contributed by atoms with Crippen LogP contribution in [0.4, 0.5) is 0 Å². The molecule has 4 N–H and O–H groups in total. The summed E-state index contributed by atoms with van der Waals surface area (Å²) >= 11 is 6.50. The first kappa shape index (κ1) is 16.4. The first-order valence-corrected chi connectivity index (χ1v) is 8.09. The average molecular weight is 323 g/mol. The molecule has 116 valence electrons. The van der Waals surface area contributed by atoms with Crippen molar-refractivity contribution in [3.8, 4) is 0 Å². The molecule has 0 aromatic rings. The minimum atomic E-state index is -1.34. The first-order chi connectivity index (χ1) is 9.54. The van der Waals surface area contributed by atoms with E-state index in [0.717, 1.165) is 37.7 Å². The normalized spacial score (nSPS) is 38.8. The van der Waals surface area contributed by atoms with Crippen molar-refractivity contribution in [3.05, 3.63) is 0 Å². The minimum absolute atomic E-state index is 0.418. The Morgan fingerprint density at radius 2 is 1.75 bits per heavy atom. The number of rotatable bonds is 2. The second-order valence-corrected chi connectivity index (χ2v) is 6.86. The molecule has 0 saturated carbocycles. The summed E-state index contributed by atoms with van der Waals surface area (Å²) in [4.78, 5) is 2.06. The summed E-state index contributed by atoms with van der Waals surface area (Å²) in [5, 5.41) is 38.5. The highest BCUT2D eigenvalue weighted by atomic mass is 32.2. The molecule has 2 saturated heterocycles. The predicted molar refractivity (Wildman–Crippen MR) is 79.4 cm³/mol. The lowest BCUT2D eigenvalue weighted by Crippen LogP contribution is -2.58. The van der Waals surface area contributed by atoms with Gasteiger partial charge in [-0.05, 0) is 19.3 Å². The zero-order valence-corrected chi connectivity index (χ0v) is 12.7. The number of ether oxygens (including phenoxy) is 1. The van der Waals surface area contributed by atoms with E-state index in [2.05, 4.69) is 4.90 Å². The Kier molecular flexibility index (Phi) is 6.03. The molecule has 0 aromatic carbocycles. The summed E-state index contributed by atoms with van der Waals surface area (Å²) < 4.78 is 6.05. The maximum absolute atomic E-state index is 9.95. The summed E-state index contributed by atoms with van der Waals surface area (Å²) in [5.74, 6) is 0. The Morgan fingerprint density at radius 3 is 2.35 bits per heavy atom. The Morgan fingerprint density at radius 1 is 1.10 bits per heavy atom. The van der Waals surface area contributed by atoms with Crippen molar-refractivity contribution in [2.45, 2.75) is 49.1 Å². The van der Waals surface area contributed by atoms with Crippen molar-refractivity contribution >= 4 is 28.3 Å². The van der Waals surface area contributed by atoms with Gasteiger partial charge < -0.3 is 30.1 Å². The van der Waals surface area contributed by atoms with E-state index < -0.39 is 36.5 Å². The highest BCUT2D eigenvalue weighted by Gasteiger charge is 2.44. The van der Waals surface area contributed by atoms with Gasteiger partial charge >= 0.3 is 0 Å². The fraction of sp³-hybridized carbons (Fsp3) is 0.917. The molecule has 2 aliphatic rings. The zero-order valence-electron chi connectivity index (χ0n) is 11.1. The van der Waals surface area contributed by atoms with E-state index in [-0.39, 0.29) is 0 Å². The van der Waals surface area contributed by atoms with Crippen LogP contribution in [0.2, 0.25) is 0 Å². The van der Waals surface area contributed by atoms with Crippen molar-refractivity contribution in [2.24, 2.45) is 0 Å². The molecule has 0 bridgehead atoms. The summed E-state index contributed by atoms with van der Waals surface area (Å²) in [6.07, 6.45) is -1.40. The Labute approximate surface area is 127 Å². The number of likely N-dealkylation sites (tertiary alicyclic amines) is 1. The van der Waals surface area contributed by atoms with E-state index in [1.807, 2.05) is 0 Å². The molecule has 0 aliphatic carbocycles. The SMILES string of the molecule is OC[C@H]1O[C@@H](SC(=S)N2CCCCC2)[C@H](O)[C@@H](O)[C@H]1O. The standard InChI is InChI=1S/C12H21NO5S2/c14-6-7-8(15)9(16)10(17)11(18-7)20-12(19)13-4-2-1-3-5-13/h7-11,14-17H,1-6H2/t7-,8+,9+,10-,11+/m1/s1. The quantitative estimate of drug-likeness (QED) is 0.495. The molecule has 0 spiro atoms. The third-order valence-electron chi connectivity index (χ3n) is 3.68. The summed E-state index contributed by atoms with van der Waals surface area (Å²) in [6, 6.07) is 0. The Bertz CT molecular complexity index is 338. The molecular weight excluding hydrogens is 302 g/mol. The summed E-state index contributed by atoms with van der Waals surface area (Å²) in [6.45, 7) is 1.37. The Balaban J connectivity index is 1.94. The third kappa shape index (κ3) is 3.62. The van der Waals surface area contributed by atoms with E-state index in [9.17, 15) is 15.3 Å². The van der Waals surface area contributed by atoms with E-state index in [1.54, 1.807) is 0 Å². The number of thioether (sulfide) groups is 1. The summed E-state index contributed by atoms with van der Waals surface area (Å²) in [5.41, 5.74) is -0.778. The molecular formula is C12H21NO5S2. The molecule has 0 amide bonds. The van der Waals surface area contributed by atoms with Gasteiger partial charge in [-0.3, -0.25) is 0 Å². The molecule has 0 radical (unpaired) electrons. The van der Waals surface area contributed by atoms with Gasteiger partial charge in [-0.25, -0.2) is 0 Å². The number of aliphatic hydroxyl groups excluding tert-OH is 4. The third-order valence-corrected chi connectivity index (χ3v) is 5.31. The van der Waals surface area contributed by atoms with Crippen molar-refractivity contribution in [2.75, 3.05) is 19.7 Å². The number of piperidine rings is 1. The topological polar surface area (TPSA) is 93.4 Å². The van der Waals surface area contributed by atoms with Crippen LogP contribution in [0.3, 0.4) is 0 Å². The van der Waals surface area contributed by atoms with Gasteiger partial charge in [-0.15, -0.1) is 0 Å². The molecule has 2 rings (SSSR count). The Hall–Kier alpha value is 0.0400. The second kappa shape index (κ2) is 7.35. The zero-order chi connectivity index (χ0) is 14.7. The van der Waals surface area contributed by atoms with Crippen molar-refractivity contribution < 1.29 is 25.2 Å². The van der Waals surface area contributed by atoms with Crippen LogP contribution in [0.25, 0.3) is 0 Å². The largest absolute Gasteiger partial charge is 0.394 e. The van der Waals surface area contributed by atoms with E-state index in [1.165, 1.54) is 6.42 Å². The lowest BCUT2D eigenvalue weighted by molar-refractivity contribution is -0.205. The highest BCUT2D eigenvalue weighted by molar-refractivity contribution is 8.23. The van der Waals surface area contributed by atoms with Gasteiger partial charge in [0, 0.05) is 13.1 Å². The van der Waals surface area contributed by atoms with Crippen molar-refractivity contribution in [1.82, 2.24) is 4.90 Å². The molecule has 8 heteroatoms. The molecule has 0 aromatic heterocycles. The fourth-order valence-electron chi connectivity index (χ4n) is 2.42. The van der Waals surface area contributed by atoms with E-state index >= 15 is 0 Å². The van der Waals surface area contributed by atoms with Crippen LogP contribution in [-0.4, -0.2) is 79.2 Å². The second-order valence-electron chi connectivity index (χ2n) is 5.13. The van der Waals surface area contributed by atoms with Crippen LogP contribution < -0.4 is 0 Å². The number of nitrogens with zero attached hydrogens (tertiary/aromatic N) is 1.